The van der Waals surface area contributed by atoms with Crippen molar-refractivity contribution in [3.63, 3.8) is 0 Å². The Morgan fingerprint density at radius 2 is 1.70 bits per heavy atom. The van der Waals surface area contributed by atoms with Crippen LogP contribution >= 0.6 is 15.9 Å². The third-order valence-corrected chi connectivity index (χ3v) is 3.01. The second-order valence-electron chi connectivity index (χ2n) is 4.03. The van der Waals surface area contributed by atoms with E-state index in [-0.39, 0.29) is 11.8 Å². The van der Waals surface area contributed by atoms with E-state index in [0.717, 1.165) is 12.1 Å². The molecule has 0 heterocycles. The van der Waals surface area contributed by atoms with Gasteiger partial charge in [-0.1, -0.05) is 22.0 Å². The number of benzene rings is 1. The van der Waals surface area contributed by atoms with E-state index >= 15 is 0 Å². The van der Waals surface area contributed by atoms with Gasteiger partial charge in [0.25, 0.3) is 0 Å². The maximum Gasteiger partial charge on any atom is 0.419 e. The molecule has 0 atom stereocenters. The van der Waals surface area contributed by atoms with Crippen molar-refractivity contribution >= 4 is 15.9 Å². The van der Waals surface area contributed by atoms with Crippen molar-refractivity contribution < 1.29 is 31.1 Å². The normalized spacial score (nSPS) is 12.6. The van der Waals surface area contributed by atoms with Gasteiger partial charge in [-0.3, -0.25) is 0 Å². The van der Waals surface area contributed by atoms with Gasteiger partial charge in [0.2, 0.25) is 0 Å². The van der Waals surface area contributed by atoms with Crippen molar-refractivity contribution in [3.05, 3.63) is 29.3 Å². The van der Waals surface area contributed by atoms with E-state index in [1.807, 2.05) is 0 Å². The number of hydrogen-bond donors (Lipinski definition) is 0. The Kier molecular flexibility index (Phi) is 5.73. The fraction of sp³-hybridized carbons (Fsp3) is 0.500. The second kappa shape index (κ2) is 6.69. The molecule has 114 valence electrons. The van der Waals surface area contributed by atoms with Gasteiger partial charge in [-0.05, 0) is 24.1 Å². The Morgan fingerprint density at radius 1 is 1.05 bits per heavy atom. The zero-order chi connectivity index (χ0) is 15.4. The monoisotopic (exact) mass is 364 g/mol. The predicted molar refractivity (Wildman–Crippen MR) is 64.9 cm³/mol. The average molecular weight is 365 g/mol. The van der Waals surface area contributed by atoms with Crippen LogP contribution < -0.4 is 4.74 Å². The smallest absolute Gasteiger partial charge is 0.419 e. The summed E-state index contributed by atoms with van der Waals surface area (Å²) in [7, 11) is 0. The van der Waals surface area contributed by atoms with Crippen molar-refractivity contribution in [2.45, 2.75) is 30.5 Å². The SMILES string of the molecule is FC(F)(F)CCCOc1ccc(CBr)cc1C(F)(F)F. The first kappa shape index (κ1) is 17.1. The lowest BCUT2D eigenvalue weighted by Crippen LogP contribution is -2.12. The van der Waals surface area contributed by atoms with Crippen LogP contribution in [0.1, 0.15) is 24.0 Å². The Labute approximate surface area is 120 Å². The Hall–Kier alpha value is -0.920. The molecule has 0 fully saturated rings. The lowest BCUT2D eigenvalue weighted by molar-refractivity contribution is -0.141. The molecule has 0 spiro atoms. The summed E-state index contributed by atoms with van der Waals surface area (Å²) >= 11 is 3.04. The molecule has 0 aliphatic rings. The van der Waals surface area contributed by atoms with Gasteiger partial charge in [-0.15, -0.1) is 0 Å². The third-order valence-electron chi connectivity index (χ3n) is 2.37. The fourth-order valence-corrected chi connectivity index (χ4v) is 1.81. The van der Waals surface area contributed by atoms with Gasteiger partial charge in [0.1, 0.15) is 5.75 Å². The minimum absolute atomic E-state index is 0.241. The number of halogens is 7. The molecule has 0 aromatic heterocycles. The summed E-state index contributed by atoms with van der Waals surface area (Å²) in [6.07, 6.45) is -10.4. The van der Waals surface area contributed by atoms with Crippen LogP contribution in [-0.4, -0.2) is 12.8 Å². The molecule has 20 heavy (non-hydrogen) atoms. The van der Waals surface area contributed by atoms with E-state index in [0.29, 0.717) is 5.56 Å². The van der Waals surface area contributed by atoms with Crippen LogP contribution in [0.2, 0.25) is 0 Å². The summed E-state index contributed by atoms with van der Waals surface area (Å²) in [4.78, 5) is 0. The van der Waals surface area contributed by atoms with Gasteiger partial charge in [0, 0.05) is 11.8 Å². The van der Waals surface area contributed by atoms with Gasteiger partial charge in [-0.25, -0.2) is 0 Å². The Bertz CT molecular complexity index is 441. The molecule has 1 aromatic rings. The van der Waals surface area contributed by atoms with Gasteiger partial charge in [0.05, 0.1) is 12.2 Å². The minimum atomic E-state index is -4.61. The molecule has 0 aliphatic carbocycles. The highest BCUT2D eigenvalue weighted by Gasteiger charge is 2.34. The molecule has 1 rings (SSSR count). The first-order chi connectivity index (χ1) is 9.13. The molecular weight excluding hydrogens is 354 g/mol. The molecule has 1 nitrogen and oxygen atoms in total. The molecule has 0 bridgehead atoms. The van der Waals surface area contributed by atoms with Crippen LogP contribution in [-0.2, 0) is 11.5 Å². The highest BCUT2D eigenvalue weighted by Crippen LogP contribution is 2.37. The van der Waals surface area contributed by atoms with Crippen LogP contribution in [0.15, 0.2) is 18.2 Å². The molecular formula is C12H11BrF6O. The molecule has 0 aliphatic heterocycles. The Balaban J connectivity index is 2.74. The number of alkyl halides is 7. The highest BCUT2D eigenvalue weighted by molar-refractivity contribution is 9.08. The zero-order valence-electron chi connectivity index (χ0n) is 10.1. The third kappa shape index (κ3) is 5.60. The van der Waals surface area contributed by atoms with Crippen LogP contribution in [0.25, 0.3) is 0 Å². The summed E-state index contributed by atoms with van der Waals surface area (Å²) in [5.74, 6) is -0.454. The largest absolute Gasteiger partial charge is 0.493 e. The summed E-state index contributed by atoms with van der Waals surface area (Å²) < 4.78 is 78.9. The van der Waals surface area contributed by atoms with Crippen LogP contribution in [0.5, 0.6) is 5.75 Å². The number of hydrogen-bond acceptors (Lipinski definition) is 1. The van der Waals surface area contributed by atoms with E-state index in [4.69, 9.17) is 4.74 Å². The highest BCUT2D eigenvalue weighted by atomic mass is 79.9. The van der Waals surface area contributed by atoms with Gasteiger partial charge in [-0.2, -0.15) is 26.3 Å². The van der Waals surface area contributed by atoms with Crippen molar-refractivity contribution in [3.8, 4) is 5.75 Å². The van der Waals surface area contributed by atoms with E-state index in [2.05, 4.69) is 15.9 Å². The van der Waals surface area contributed by atoms with E-state index in [1.165, 1.54) is 6.07 Å². The first-order valence-electron chi connectivity index (χ1n) is 5.59. The molecule has 0 saturated heterocycles. The predicted octanol–water partition coefficient (Wildman–Crippen LogP) is 5.32. The van der Waals surface area contributed by atoms with E-state index < -0.39 is 36.7 Å². The zero-order valence-corrected chi connectivity index (χ0v) is 11.7. The summed E-state index contributed by atoms with van der Waals surface area (Å²) in [6, 6.07) is 3.45. The molecule has 8 heteroatoms. The molecule has 1 aromatic carbocycles. The van der Waals surface area contributed by atoms with E-state index in [1.54, 1.807) is 0 Å². The average Bonchev–Trinajstić information content (AvgIpc) is 2.32. The van der Waals surface area contributed by atoms with Crippen molar-refractivity contribution in [1.29, 1.82) is 0 Å². The maximum atomic E-state index is 12.8. The van der Waals surface area contributed by atoms with Crippen LogP contribution in [0, 0.1) is 0 Å². The van der Waals surface area contributed by atoms with Crippen molar-refractivity contribution in [2.24, 2.45) is 0 Å². The molecule has 0 radical (unpaired) electrons. The second-order valence-corrected chi connectivity index (χ2v) is 4.59. The van der Waals surface area contributed by atoms with Gasteiger partial charge >= 0.3 is 12.4 Å². The summed E-state index contributed by atoms with van der Waals surface area (Å²) in [6.45, 7) is -0.420. The summed E-state index contributed by atoms with van der Waals surface area (Å²) in [5, 5.41) is 0.241. The fourth-order valence-electron chi connectivity index (χ4n) is 1.46. The topological polar surface area (TPSA) is 9.23 Å². The number of rotatable bonds is 5. The first-order valence-corrected chi connectivity index (χ1v) is 6.71. The maximum absolute atomic E-state index is 12.8. The quantitative estimate of drug-likeness (QED) is 0.390. The molecule has 0 saturated carbocycles. The Morgan fingerprint density at radius 3 is 2.20 bits per heavy atom. The van der Waals surface area contributed by atoms with Crippen LogP contribution in [0.3, 0.4) is 0 Å². The molecule has 0 amide bonds. The van der Waals surface area contributed by atoms with E-state index in [9.17, 15) is 26.3 Å². The molecule has 0 N–H and O–H groups in total. The lowest BCUT2D eigenvalue weighted by Gasteiger charge is -2.15. The molecule has 0 unspecified atom stereocenters. The van der Waals surface area contributed by atoms with Crippen LogP contribution in [0.4, 0.5) is 26.3 Å². The van der Waals surface area contributed by atoms with Gasteiger partial charge in [0.15, 0.2) is 0 Å². The number of ether oxygens (including phenoxy) is 1. The van der Waals surface area contributed by atoms with Crippen molar-refractivity contribution in [2.75, 3.05) is 6.61 Å². The van der Waals surface area contributed by atoms with Crippen molar-refractivity contribution in [1.82, 2.24) is 0 Å². The standard InChI is InChI=1S/C12H11BrF6O/c13-7-8-2-3-10(9(6-8)12(17,18)19)20-5-1-4-11(14,15)16/h2-3,6H,1,4-5,7H2. The lowest BCUT2D eigenvalue weighted by atomic mass is 10.1. The summed E-state index contributed by atoms with van der Waals surface area (Å²) in [5.41, 5.74) is -0.582. The minimum Gasteiger partial charge on any atom is -0.493 e. The van der Waals surface area contributed by atoms with Gasteiger partial charge < -0.3 is 4.74 Å².